The molecule has 1 aromatic carbocycles. The summed E-state index contributed by atoms with van der Waals surface area (Å²) >= 11 is 0. The lowest BCUT2D eigenvalue weighted by atomic mass is 10.0. The number of nitroso groups, excluding NO2 is 1. The van der Waals surface area contributed by atoms with Gasteiger partial charge in [0.2, 0.25) is 0 Å². The van der Waals surface area contributed by atoms with Crippen LogP contribution < -0.4 is 0 Å². The highest BCUT2D eigenvalue weighted by Gasteiger charge is 2.09. The highest BCUT2D eigenvalue weighted by atomic mass is 16.3. The number of benzene rings is 1. The summed E-state index contributed by atoms with van der Waals surface area (Å²) in [7, 11) is 0. The lowest BCUT2D eigenvalue weighted by molar-refractivity contribution is 0.275. The third kappa shape index (κ3) is 18.6. The van der Waals surface area contributed by atoms with Gasteiger partial charge in [0, 0.05) is 5.56 Å². The number of rotatable bonds is 2. The van der Waals surface area contributed by atoms with Crippen molar-refractivity contribution in [1.82, 2.24) is 0 Å². The number of aryl methyl sites for hydroxylation is 1. The molecule has 2 aliphatic rings. The van der Waals surface area contributed by atoms with Crippen molar-refractivity contribution in [2.24, 2.45) is 5.18 Å². The Kier molecular flexibility index (Phi) is 23.1. The third-order valence-corrected chi connectivity index (χ3v) is 7.91. The summed E-state index contributed by atoms with van der Waals surface area (Å²) in [6.45, 7) is 1.45. The highest BCUT2D eigenvalue weighted by Crippen LogP contribution is 2.32. The fourth-order valence-electron chi connectivity index (χ4n) is 5.29. The van der Waals surface area contributed by atoms with Crippen molar-refractivity contribution in [1.29, 1.82) is 0 Å². The molecule has 0 unspecified atom stereocenters. The van der Waals surface area contributed by atoms with Gasteiger partial charge in [0.25, 0.3) is 0 Å². The van der Waals surface area contributed by atoms with Gasteiger partial charge in [0.05, 0.1) is 6.61 Å². The van der Waals surface area contributed by atoms with Crippen LogP contribution in [0.4, 0.5) is 5.69 Å². The van der Waals surface area contributed by atoms with Crippen LogP contribution in [0.25, 0.3) is 0 Å². The molecule has 218 valence electrons. The van der Waals surface area contributed by atoms with E-state index < -0.39 is 0 Å². The Balaban J connectivity index is 0.000000334. The van der Waals surface area contributed by atoms with E-state index in [1.54, 1.807) is 13.0 Å². The molecular formula is C34H59NO3. The van der Waals surface area contributed by atoms with Gasteiger partial charge in [-0.15, -0.1) is 4.91 Å². The molecule has 1 aromatic rings. The van der Waals surface area contributed by atoms with Crippen molar-refractivity contribution in [3.05, 3.63) is 40.3 Å². The van der Waals surface area contributed by atoms with Gasteiger partial charge in [-0.25, -0.2) is 0 Å². The summed E-state index contributed by atoms with van der Waals surface area (Å²) in [5.41, 5.74) is 1.05. The smallest absolute Gasteiger partial charge is 0.150 e. The minimum atomic E-state index is -0.291. The number of allylic oxidation sites excluding steroid dienone is 2. The molecule has 0 aromatic heterocycles. The van der Waals surface area contributed by atoms with Crippen molar-refractivity contribution in [2.75, 3.05) is 0 Å². The van der Waals surface area contributed by atoms with E-state index in [1.807, 2.05) is 0 Å². The Morgan fingerprint density at radius 1 is 0.579 bits per heavy atom. The van der Waals surface area contributed by atoms with Gasteiger partial charge in [0.15, 0.2) is 5.75 Å². The first-order valence-corrected chi connectivity index (χ1v) is 16.1. The predicted molar refractivity (Wildman–Crippen MR) is 164 cm³/mol. The first-order valence-electron chi connectivity index (χ1n) is 16.1. The van der Waals surface area contributed by atoms with Crippen molar-refractivity contribution >= 4 is 5.69 Å². The molecule has 0 amide bonds. The average Bonchev–Trinajstić information content (AvgIpc) is 2.94. The van der Waals surface area contributed by atoms with Gasteiger partial charge in [-0.1, -0.05) is 147 Å². The molecule has 1 saturated carbocycles. The summed E-state index contributed by atoms with van der Waals surface area (Å²) in [6, 6.07) is 3.04. The number of hydrogen-bond acceptors (Lipinski definition) is 4. The Morgan fingerprint density at radius 2 is 0.895 bits per heavy atom. The number of phenols is 1. The molecule has 0 bridgehead atoms. The average molecular weight is 530 g/mol. The second-order valence-corrected chi connectivity index (χ2v) is 11.3. The molecule has 2 N–H and O–H groups in total. The lowest BCUT2D eigenvalue weighted by Crippen LogP contribution is -1.88. The van der Waals surface area contributed by atoms with E-state index in [1.165, 1.54) is 160 Å². The molecule has 0 atom stereocenters. The van der Waals surface area contributed by atoms with Crippen LogP contribution in [-0.2, 0) is 6.61 Å². The number of aliphatic hydroxyl groups is 1. The number of hydrogen-bond donors (Lipinski definition) is 2. The van der Waals surface area contributed by atoms with Crippen LogP contribution in [0.2, 0.25) is 0 Å². The molecule has 0 heterocycles. The molecular weight excluding hydrogens is 470 g/mol. The van der Waals surface area contributed by atoms with Crippen molar-refractivity contribution in [2.45, 2.75) is 168 Å². The van der Waals surface area contributed by atoms with Crippen LogP contribution in [0, 0.1) is 11.8 Å². The minimum Gasteiger partial charge on any atom is -0.505 e. The zero-order valence-corrected chi connectivity index (χ0v) is 24.7. The number of nitrogens with zero attached hydrogens (tertiary/aromatic N) is 1. The predicted octanol–water partition coefficient (Wildman–Crippen LogP) is 11.5. The normalized spacial score (nSPS) is 19.1. The Bertz CT molecular complexity index is 678. The van der Waals surface area contributed by atoms with E-state index >= 15 is 0 Å². The number of aliphatic hydroxyl groups excluding tert-OH is 1. The maximum absolute atomic E-state index is 10.1. The van der Waals surface area contributed by atoms with E-state index in [0.717, 1.165) is 5.56 Å². The second-order valence-electron chi connectivity index (χ2n) is 11.3. The standard InChI is InChI=1S/C20H38.C8H9NO3.C6H12/c1-2-4-6-8-10-12-14-16-18-20-19-17-15-13-11-9-7-5-3-1;1-5-2-3-7(9-12)8(11)6(5)4-10;1-2-4-6-5-3-1/h1-2H,3-20H2;2-3,10-11H,4H2,1H3;1-6H2. The summed E-state index contributed by atoms with van der Waals surface area (Å²) in [6.07, 6.45) is 40.0. The Hall–Kier alpha value is -1.68. The van der Waals surface area contributed by atoms with Crippen LogP contribution in [0.5, 0.6) is 5.75 Å². The van der Waals surface area contributed by atoms with E-state index in [4.69, 9.17) is 5.11 Å². The zero-order chi connectivity index (χ0) is 27.5. The molecule has 0 spiro atoms. The van der Waals surface area contributed by atoms with Gasteiger partial charge in [-0.2, -0.15) is 0 Å². The molecule has 0 aliphatic heterocycles. The van der Waals surface area contributed by atoms with E-state index in [-0.39, 0.29) is 18.0 Å². The first-order chi connectivity index (χ1) is 18.7. The van der Waals surface area contributed by atoms with Crippen molar-refractivity contribution in [3.63, 3.8) is 0 Å². The monoisotopic (exact) mass is 529 g/mol. The minimum absolute atomic E-state index is 0.0374. The fourth-order valence-corrected chi connectivity index (χ4v) is 5.29. The highest BCUT2D eigenvalue weighted by molar-refractivity contribution is 5.57. The Morgan fingerprint density at radius 3 is 1.18 bits per heavy atom. The van der Waals surface area contributed by atoms with Gasteiger partial charge >= 0.3 is 0 Å². The molecule has 0 saturated heterocycles. The zero-order valence-electron chi connectivity index (χ0n) is 24.7. The molecule has 0 radical (unpaired) electrons. The fraction of sp³-hybridized carbons (Fsp3) is 0.765. The summed E-state index contributed by atoms with van der Waals surface area (Å²) in [5, 5.41) is 20.7. The second kappa shape index (κ2) is 25.6. The van der Waals surface area contributed by atoms with Gasteiger partial charge in [-0.05, 0) is 49.4 Å². The maximum atomic E-state index is 10.1. The van der Waals surface area contributed by atoms with Crippen LogP contribution >= 0.6 is 0 Å². The molecule has 1 fully saturated rings. The Labute approximate surface area is 234 Å². The van der Waals surface area contributed by atoms with Crippen LogP contribution in [-0.4, -0.2) is 10.2 Å². The number of aromatic hydroxyl groups is 1. The van der Waals surface area contributed by atoms with Crippen LogP contribution in [0.3, 0.4) is 0 Å². The molecule has 4 heteroatoms. The van der Waals surface area contributed by atoms with Crippen LogP contribution in [0.15, 0.2) is 29.5 Å². The van der Waals surface area contributed by atoms with Crippen molar-refractivity contribution < 1.29 is 10.2 Å². The van der Waals surface area contributed by atoms with E-state index in [2.05, 4.69) is 17.3 Å². The van der Waals surface area contributed by atoms with Crippen molar-refractivity contribution in [3.8, 4) is 5.75 Å². The summed E-state index contributed by atoms with van der Waals surface area (Å²) < 4.78 is 0. The lowest BCUT2D eigenvalue weighted by Gasteiger charge is -2.05. The first kappa shape index (κ1) is 34.3. The quantitative estimate of drug-likeness (QED) is 0.295. The van der Waals surface area contributed by atoms with Gasteiger partial charge in [0.1, 0.15) is 5.69 Å². The molecule has 2 aliphatic carbocycles. The van der Waals surface area contributed by atoms with Crippen LogP contribution in [0.1, 0.15) is 165 Å². The molecule has 4 nitrogen and oxygen atoms in total. The summed E-state index contributed by atoms with van der Waals surface area (Å²) in [5.74, 6) is -0.229. The molecule has 38 heavy (non-hydrogen) atoms. The largest absolute Gasteiger partial charge is 0.505 e. The van der Waals surface area contributed by atoms with E-state index in [9.17, 15) is 10.0 Å². The SMILES string of the molecule is C1=CCCCCCCCCCCCCCCCCCC1.C1CCCCC1.Cc1ccc(N=O)c(O)c1CO. The van der Waals surface area contributed by atoms with Gasteiger partial charge < -0.3 is 10.2 Å². The summed E-state index contributed by atoms with van der Waals surface area (Å²) in [4.78, 5) is 10.1. The molecule has 3 rings (SSSR count). The third-order valence-electron chi connectivity index (χ3n) is 7.91. The topological polar surface area (TPSA) is 69.9 Å². The maximum Gasteiger partial charge on any atom is 0.150 e. The van der Waals surface area contributed by atoms with Gasteiger partial charge in [-0.3, -0.25) is 0 Å². The van der Waals surface area contributed by atoms with E-state index in [0.29, 0.717) is 5.56 Å².